The Hall–Kier alpha value is -2.76. The number of phosphoric ester groups is 1. The highest BCUT2D eigenvalue weighted by molar-refractivity contribution is 7.48. The number of aromatic nitrogens is 4. The number of nitrogens with two attached hydrogens (primary N) is 1. The lowest BCUT2D eigenvalue weighted by Gasteiger charge is -2.27. The van der Waals surface area contributed by atoms with E-state index in [-0.39, 0.29) is 17.1 Å². The van der Waals surface area contributed by atoms with Gasteiger partial charge in [-0.05, 0) is 20.8 Å². The minimum absolute atomic E-state index is 0.113. The summed E-state index contributed by atoms with van der Waals surface area (Å²) in [6.07, 6.45) is -4.75. The average Bonchev–Trinajstić information content (AvgIpc) is 3.11. The van der Waals surface area contributed by atoms with Gasteiger partial charge in [-0.15, -0.1) is 6.58 Å². The zero-order valence-electron chi connectivity index (χ0n) is 23.9. The molecule has 2 fully saturated rings. The van der Waals surface area contributed by atoms with Gasteiger partial charge in [0.15, 0.2) is 47.8 Å². The number of rotatable bonds is 11. The summed E-state index contributed by atoms with van der Waals surface area (Å²) in [7, 11) is -4.80. The van der Waals surface area contributed by atoms with Crippen molar-refractivity contribution in [1.82, 2.24) is 19.5 Å². The van der Waals surface area contributed by atoms with Crippen LogP contribution >= 0.6 is 7.82 Å². The first-order chi connectivity index (χ1) is 19.3. The molecule has 2 aromatic heterocycles. The number of phosphoric acid groups is 1. The first-order valence-corrected chi connectivity index (χ1v) is 14.2. The molecule has 4 rings (SSSR count). The molecule has 3 heterocycles. The lowest BCUT2D eigenvalue weighted by atomic mass is 9.96. The third-order valence-corrected chi connectivity index (χ3v) is 8.08. The smallest absolute Gasteiger partial charge is 0.437 e. The zero-order valence-corrected chi connectivity index (χ0v) is 24.8. The van der Waals surface area contributed by atoms with Crippen LogP contribution in [0.5, 0.6) is 0 Å². The van der Waals surface area contributed by atoms with Crippen LogP contribution in [0.2, 0.25) is 0 Å². The van der Waals surface area contributed by atoms with Crippen LogP contribution in [-0.4, -0.2) is 79.1 Å². The van der Waals surface area contributed by atoms with Crippen molar-refractivity contribution in [2.24, 2.45) is 10.8 Å². The van der Waals surface area contributed by atoms with Gasteiger partial charge in [0, 0.05) is 5.41 Å². The van der Waals surface area contributed by atoms with Crippen LogP contribution < -0.4 is 11.3 Å². The summed E-state index contributed by atoms with van der Waals surface area (Å²) in [5.74, 6) is -0.957. The van der Waals surface area contributed by atoms with Crippen LogP contribution in [0.4, 0.5) is 10.3 Å². The number of H-pyrrole nitrogens is 1. The fourth-order valence-electron chi connectivity index (χ4n) is 4.24. The molecule has 1 aliphatic carbocycles. The molecule has 1 saturated carbocycles. The maximum absolute atomic E-state index is 15.9. The maximum atomic E-state index is 15.9. The fourth-order valence-corrected chi connectivity index (χ4v) is 5.38. The first kappa shape index (κ1) is 32.2. The number of esters is 1. The van der Waals surface area contributed by atoms with Gasteiger partial charge < -0.3 is 30.2 Å². The molecule has 234 valence electrons. The SMILES string of the molecule is C=CC12OC(n3cnc4c(=O)[nH]c(N)nc43)C(F)C1(O)C2OP(=O)(OCOC(=O)C(C)(C)C)OCOC(O)C(C)(C)C. The molecule has 0 amide bonds. The summed E-state index contributed by atoms with van der Waals surface area (Å²) in [4.78, 5) is 34.4. The number of nitrogen functional groups attached to an aromatic ring is 1. The lowest BCUT2D eigenvalue weighted by molar-refractivity contribution is -0.196. The van der Waals surface area contributed by atoms with Gasteiger partial charge in [-0.1, -0.05) is 26.8 Å². The molecule has 0 aromatic carbocycles. The second-order valence-electron chi connectivity index (χ2n) is 12.0. The number of nitrogens with zero attached hydrogens (tertiary/aromatic N) is 3. The Morgan fingerprint density at radius 1 is 1.33 bits per heavy atom. The summed E-state index contributed by atoms with van der Waals surface area (Å²) in [5, 5.41) is 21.5. The van der Waals surface area contributed by atoms with Crippen LogP contribution in [0.3, 0.4) is 0 Å². The second kappa shape index (κ2) is 10.7. The molecule has 2 aliphatic rings. The van der Waals surface area contributed by atoms with Crippen LogP contribution in [0.1, 0.15) is 47.8 Å². The number of carbonyl (C=O) groups is 1. The third kappa shape index (κ3) is 5.51. The van der Waals surface area contributed by atoms with E-state index in [2.05, 4.69) is 21.5 Å². The van der Waals surface area contributed by atoms with E-state index in [9.17, 15) is 24.4 Å². The highest BCUT2D eigenvalue weighted by Gasteiger charge is 2.89. The number of aromatic amines is 1. The first-order valence-electron chi connectivity index (χ1n) is 12.8. The lowest BCUT2D eigenvalue weighted by Crippen LogP contribution is -2.34. The maximum Gasteiger partial charge on any atom is 0.480 e. The minimum Gasteiger partial charge on any atom is -0.437 e. The van der Waals surface area contributed by atoms with Crippen LogP contribution in [0, 0.1) is 10.8 Å². The molecule has 0 bridgehead atoms. The van der Waals surface area contributed by atoms with Gasteiger partial charge in [0.25, 0.3) is 5.56 Å². The Morgan fingerprint density at radius 3 is 2.55 bits per heavy atom. The molecule has 5 N–H and O–H groups in total. The van der Waals surface area contributed by atoms with Crippen molar-refractivity contribution in [3.05, 3.63) is 29.3 Å². The largest absolute Gasteiger partial charge is 0.480 e. The molecule has 16 nitrogen and oxygen atoms in total. The molecule has 0 radical (unpaired) electrons. The van der Waals surface area contributed by atoms with Crippen molar-refractivity contribution in [3.63, 3.8) is 0 Å². The standard InChI is InChI=1S/C24H35FN5O11P/c1-8-23-17(24(23,34)13(25)16(40-23)30-9-27-12-14(30)28-20(26)29-15(12)31)41-42(35,38-10-36-18(32)21(2,3)4)39-11-37-19(33)22(5,6)7/h8-9,13,16-18,32,34H,1,10-11H2,2-7H3,(H3,26,28,29,31). The molecule has 2 aromatic rings. The Balaban J connectivity index is 1.55. The molecule has 7 atom stereocenters. The number of nitrogens with one attached hydrogen (secondary N) is 1. The van der Waals surface area contributed by atoms with Crippen molar-refractivity contribution in [2.75, 3.05) is 19.3 Å². The van der Waals surface area contributed by atoms with E-state index in [1.807, 2.05) is 0 Å². The normalized spacial score (nSPS) is 29.6. The number of aliphatic hydroxyl groups is 2. The molecular weight excluding hydrogens is 584 g/mol. The molecule has 1 aliphatic heterocycles. The number of halogens is 1. The van der Waals surface area contributed by atoms with E-state index in [0.29, 0.717) is 0 Å². The predicted octanol–water partition coefficient (Wildman–Crippen LogP) is 1.65. The fraction of sp³-hybridized carbons (Fsp3) is 0.667. The zero-order chi connectivity index (χ0) is 31.5. The van der Waals surface area contributed by atoms with Gasteiger partial charge in [0.2, 0.25) is 12.7 Å². The highest BCUT2D eigenvalue weighted by atomic mass is 31.2. The monoisotopic (exact) mass is 619 g/mol. The van der Waals surface area contributed by atoms with Gasteiger partial charge in [-0.25, -0.2) is 18.5 Å². The number of alkyl halides is 1. The number of carbonyl (C=O) groups excluding carboxylic acids is 1. The Bertz CT molecular complexity index is 1470. The molecular formula is C24H35FN5O11P. The average molecular weight is 620 g/mol. The van der Waals surface area contributed by atoms with E-state index in [1.165, 1.54) is 0 Å². The summed E-state index contributed by atoms with van der Waals surface area (Å²) < 4.78 is 62.3. The predicted molar refractivity (Wildman–Crippen MR) is 142 cm³/mol. The Morgan fingerprint density at radius 2 is 1.98 bits per heavy atom. The van der Waals surface area contributed by atoms with Crippen LogP contribution in [-0.2, 0) is 37.1 Å². The van der Waals surface area contributed by atoms with Crippen molar-refractivity contribution in [3.8, 4) is 0 Å². The topological polar surface area (TPSA) is 220 Å². The van der Waals surface area contributed by atoms with Gasteiger partial charge in [0.05, 0.1) is 11.7 Å². The molecule has 42 heavy (non-hydrogen) atoms. The van der Waals surface area contributed by atoms with Gasteiger partial charge in [-0.3, -0.25) is 28.2 Å². The van der Waals surface area contributed by atoms with Gasteiger partial charge in [-0.2, -0.15) is 4.98 Å². The molecule has 7 unspecified atom stereocenters. The number of aliphatic hydroxyl groups excluding tert-OH is 1. The van der Waals surface area contributed by atoms with Crippen molar-refractivity contribution >= 4 is 30.9 Å². The van der Waals surface area contributed by atoms with Crippen molar-refractivity contribution < 1.29 is 51.7 Å². The van der Waals surface area contributed by atoms with E-state index in [4.69, 9.17) is 33.5 Å². The number of hydrogen-bond acceptors (Lipinski definition) is 14. The Kier molecular flexibility index (Phi) is 8.23. The third-order valence-electron chi connectivity index (χ3n) is 6.77. The van der Waals surface area contributed by atoms with Crippen molar-refractivity contribution in [2.45, 2.75) is 77.5 Å². The van der Waals surface area contributed by atoms with Crippen LogP contribution in [0.25, 0.3) is 11.2 Å². The number of fused-ring (bicyclic) bond motifs is 2. The van der Waals surface area contributed by atoms with E-state index in [1.54, 1.807) is 41.5 Å². The number of anilines is 1. The van der Waals surface area contributed by atoms with Crippen LogP contribution in [0.15, 0.2) is 23.8 Å². The summed E-state index contributed by atoms with van der Waals surface area (Å²) in [6.45, 7) is 11.6. The molecule has 0 spiro atoms. The number of imidazole rings is 1. The minimum atomic E-state index is -4.80. The highest BCUT2D eigenvalue weighted by Crippen LogP contribution is 2.70. The summed E-state index contributed by atoms with van der Waals surface area (Å²) >= 11 is 0. The van der Waals surface area contributed by atoms with Gasteiger partial charge in [0.1, 0.15) is 6.10 Å². The van der Waals surface area contributed by atoms with E-state index < -0.39 is 79.8 Å². The second-order valence-corrected chi connectivity index (χ2v) is 13.6. The quantitative estimate of drug-likeness (QED) is 0.122. The molecule has 18 heteroatoms. The summed E-state index contributed by atoms with van der Waals surface area (Å²) in [6, 6.07) is 0. The van der Waals surface area contributed by atoms with Crippen molar-refractivity contribution in [1.29, 1.82) is 0 Å². The van der Waals surface area contributed by atoms with E-state index in [0.717, 1.165) is 17.0 Å². The molecule has 1 saturated heterocycles. The van der Waals surface area contributed by atoms with E-state index >= 15 is 4.39 Å². The summed E-state index contributed by atoms with van der Waals surface area (Å²) in [5.41, 5.74) is -1.43. The number of ether oxygens (including phenoxy) is 3. The van der Waals surface area contributed by atoms with Gasteiger partial charge >= 0.3 is 13.8 Å². The number of hydrogen-bond donors (Lipinski definition) is 4. The Labute approximate surface area is 239 Å².